The third-order valence-corrected chi connectivity index (χ3v) is 4.29. The van der Waals surface area contributed by atoms with Crippen molar-refractivity contribution in [2.75, 3.05) is 13.2 Å². The van der Waals surface area contributed by atoms with Crippen LogP contribution in [0.1, 0.15) is 15.9 Å². The summed E-state index contributed by atoms with van der Waals surface area (Å²) < 4.78 is 12.8. The van der Waals surface area contributed by atoms with E-state index < -0.39 is 0 Å². The average Bonchev–Trinajstić information content (AvgIpc) is 2.46. The first-order valence-electron chi connectivity index (χ1n) is 6.04. The van der Waals surface area contributed by atoms with Gasteiger partial charge in [-0.15, -0.1) is 0 Å². The minimum absolute atomic E-state index is 0.0348. The van der Waals surface area contributed by atoms with Gasteiger partial charge in [0.05, 0.1) is 0 Å². The number of hydrogen-bond acceptors (Lipinski definition) is 3. The molecule has 1 aliphatic heterocycles. The van der Waals surface area contributed by atoms with Gasteiger partial charge in [-0.3, -0.25) is 4.79 Å². The molecule has 5 heteroatoms. The van der Waals surface area contributed by atoms with E-state index in [0.717, 1.165) is 3.57 Å². The molecular weight excluding hydrogens is 435 g/mol. The molecule has 0 amide bonds. The van der Waals surface area contributed by atoms with E-state index >= 15 is 0 Å². The van der Waals surface area contributed by atoms with Gasteiger partial charge in [0.15, 0.2) is 17.3 Å². The quantitative estimate of drug-likeness (QED) is 0.517. The van der Waals surface area contributed by atoms with E-state index in [0.29, 0.717) is 40.3 Å². The molecule has 0 aromatic heterocycles. The number of fused-ring (bicyclic) bond motifs is 1. The van der Waals surface area contributed by atoms with Gasteiger partial charge in [-0.2, -0.15) is 0 Å². The van der Waals surface area contributed by atoms with Crippen molar-refractivity contribution in [2.24, 2.45) is 0 Å². The number of carbonyl (C=O) groups excluding carboxylic acids is 1. The lowest BCUT2D eigenvalue weighted by molar-refractivity contribution is 0.103. The van der Waals surface area contributed by atoms with Crippen molar-refractivity contribution in [3.05, 3.63) is 55.6 Å². The normalized spacial score (nSPS) is 13.1. The molecule has 0 bridgehead atoms. The molecule has 2 aromatic carbocycles. The summed E-state index contributed by atoms with van der Waals surface area (Å²) in [5.74, 6) is 1.25. The minimum atomic E-state index is -0.0348. The van der Waals surface area contributed by atoms with Crippen LogP contribution in [0.25, 0.3) is 0 Å². The summed E-state index contributed by atoms with van der Waals surface area (Å²) in [7, 11) is 0. The average molecular weight is 445 g/mol. The van der Waals surface area contributed by atoms with Crippen LogP contribution in [0.15, 0.2) is 40.9 Å². The Labute approximate surface area is 138 Å². The third-order valence-electron chi connectivity index (χ3n) is 2.96. The summed E-state index contributed by atoms with van der Waals surface area (Å²) in [6, 6.07) is 11.0. The Morgan fingerprint density at radius 3 is 2.50 bits per heavy atom. The van der Waals surface area contributed by atoms with Crippen LogP contribution in [0, 0.1) is 3.57 Å². The minimum Gasteiger partial charge on any atom is -0.486 e. The predicted molar refractivity (Wildman–Crippen MR) is 87.7 cm³/mol. The lowest BCUT2D eigenvalue weighted by Gasteiger charge is -2.19. The van der Waals surface area contributed by atoms with Gasteiger partial charge in [-0.05, 0) is 62.8 Å². The Morgan fingerprint density at radius 2 is 1.80 bits per heavy atom. The van der Waals surface area contributed by atoms with Crippen molar-refractivity contribution in [1.29, 1.82) is 0 Å². The second kappa shape index (κ2) is 5.73. The largest absolute Gasteiger partial charge is 0.486 e. The molecule has 0 N–H and O–H groups in total. The Morgan fingerprint density at radius 1 is 1.10 bits per heavy atom. The van der Waals surface area contributed by atoms with Gasteiger partial charge in [0, 0.05) is 19.2 Å². The molecule has 0 atom stereocenters. The van der Waals surface area contributed by atoms with Crippen molar-refractivity contribution in [3.8, 4) is 11.5 Å². The van der Waals surface area contributed by atoms with Gasteiger partial charge in [-0.25, -0.2) is 0 Å². The Bertz CT molecular complexity index is 685. The molecule has 2 aromatic rings. The number of ketones is 1. The standard InChI is InChI=1S/C15H10BrIO3/c16-12-8-14-13(19-4-5-20-14)7-11(12)15(18)9-2-1-3-10(17)6-9/h1-3,6-8H,4-5H2. The smallest absolute Gasteiger partial charge is 0.194 e. The fourth-order valence-corrected chi connectivity index (χ4v) is 3.07. The highest BCUT2D eigenvalue weighted by atomic mass is 127. The van der Waals surface area contributed by atoms with E-state index in [2.05, 4.69) is 38.5 Å². The van der Waals surface area contributed by atoms with Crippen LogP contribution in [0.2, 0.25) is 0 Å². The first-order valence-corrected chi connectivity index (χ1v) is 7.92. The molecule has 0 unspecified atom stereocenters. The van der Waals surface area contributed by atoms with E-state index in [4.69, 9.17) is 9.47 Å². The maximum Gasteiger partial charge on any atom is 0.194 e. The molecule has 0 spiro atoms. The maximum absolute atomic E-state index is 12.6. The molecule has 3 nitrogen and oxygen atoms in total. The van der Waals surface area contributed by atoms with Crippen molar-refractivity contribution in [1.82, 2.24) is 0 Å². The molecule has 0 radical (unpaired) electrons. The van der Waals surface area contributed by atoms with Crippen LogP contribution >= 0.6 is 38.5 Å². The van der Waals surface area contributed by atoms with Crippen LogP contribution < -0.4 is 9.47 Å². The molecule has 1 aliphatic rings. The number of carbonyl (C=O) groups is 1. The van der Waals surface area contributed by atoms with Gasteiger partial charge in [0.2, 0.25) is 0 Å². The highest BCUT2D eigenvalue weighted by Gasteiger charge is 2.19. The zero-order valence-electron chi connectivity index (χ0n) is 10.4. The fourth-order valence-electron chi connectivity index (χ4n) is 2.02. The highest BCUT2D eigenvalue weighted by molar-refractivity contribution is 14.1. The number of benzene rings is 2. The van der Waals surface area contributed by atoms with Crippen molar-refractivity contribution >= 4 is 44.3 Å². The monoisotopic (exact) mass is 444 g/mol. The molecule has 1 heterocycles. The van der Waals surface area contributed by atoms with Crippen molar-refractivity contribution < 1.29 is 14.3 Å². The summed E-state index contributed by atoms with van der Waals surface area (Å²) >= 11 is 5.63. The Kier molecular flexibility index (Phi) is 3.98. The molecule has 0 saturated heterocycles. The zero-order chi connectivity index (χ0) is 14.1. The van der Waals surface area contributed by atoms with Crippen LogP contribution in [0.4, 0.5) is 0 Å². The van der Waals surface area contributed by atoms with Crippen LogP contribution in [-0.2, 0) is 0 Å². The van der Waals surface area contributed by atoms with Gasteiger partial charge < -0.3 is 9.47 Å². The lowest BCUT2D eigenvalue weighted by Crippen LogP contribution is -2.16. The lowest BCUT2D eigenvalue weighted by atomic mass is 10.0. The third kappa shape index (κ3) is 2.69. The fraction of sp³-hybridized carbons (Fsp3) is 0.133. The summed E-state index contributed by atoms with van der Waals surface area (Å²) in [6.07, 6.45) is 0. The molecule has 0 saturated carbocycles. The molecule has 102 valence electrons. The molecule has 0 fully saturated rings. The summed E-state index contributed by atoms with van der Waals surface area (Å²) in [5, 5.41) is 0. The number of halogens is 2. The van der Waals surface area contributed by atoms with Crippen LogP contribution in [-0.4, -0.2) is 19.0 Å². The predicted octanol–water partition coefficient (Wildman–Crippen LogP) is 4.06. The topological polar surface area (TPSA) is 35.5 Å². The van der Waals surface area contributed by atoms with Gasteiger partial charge in [-0.1, -0.05) is 12.1 Å². The Balaban J connectivity index is 2.03. The summed E-state index contributed by atoms with van der Waals surface area (Å²) in [5.41, 5.74) is 1.24. The first kappa shape index (κ1) is 13.9. The second-order valence-electron chi connectivity index (χ2n) is 4.32. The summed E-state index contributed by atoms with van der Waals surface area (Å²) in [4.78, 5) is 12.6. The van der Waals surface area contributed by atoms with E-state index in [1.165, 1.54) is 0 Å². The first-order chi connectivity index (χ1) is 9.65. The molecule has 3 rings (SSSR count). The number of ether oxygens (including phenoxy) is 2. The van der Waals surface area contributed by atoms with Crippen molar-refractivity contribution in [3.63, 3.8) is 0 Å². The van der Waals surface area contributed by atoms with E-state index in [9.17, 15) is 4.79 Å². The van der Waals surface area contributed by atoms with Crippen LogP contribution in [0.3, 0.4) is 0 Å². The second-order valence-corrected chi connectivity index (χ2v) is 6.42. The summed E-state index contributed by atoms with van der Waals surface area (Å²) in [6.45, 7) is 1.04. The van der Waals surface area contributed by atoms with E-state index in [-0.39, 0.29) is 5.78 Å². The maximum atomic E-state index is 12.6. The Hall–Kier alpha value is -1.08. The van der Waals surface area contributed by atoms with Gasteiger partial charge in [0.25, 0.3) is 0 Å². The highest BCUT2D eigenvalue weighted by Crippen LogP contribution is 2.36. The van der Waals surface area contributed by atoms with Crippen LogP contribution in [0.5, 0.6) is 11.5 Å². The van der Waals surface area contributed by atoms with Gasteiger partial charge in [0.1, 0.15) is 13.2 Å². The number of hydrogen-bond donors (Lipinski definition) is 0. The number of rotatable bonds is 2. The van der Waals surface area contributed by atoms with Gasteiger partial charge >= 0.3 is 0 Å². The molecule has 0 aliphatic carbocycles. The van der Waals surface area contributed by atoms with Crippen molar-refractivity contribution in [2.45, 2.75) is 0 Å². The zero-order valence-corrected chi connectivity index (χ0v) is 14.1. The van der Waals surface area contributed by atoms with E-state index in [1.807, 2.05) is 24.3 Å². The molecule has 20 heavy (non-hydrogen) atoms. The molecular formula is C15H10BrIO3. The SMILES string of the molecule is O=C(c1cccc(I)c1)c1cc2c(cc1Br)OCCO2. The van der Waals surface area contributed by atoms with E-state index in [1.54, 1.807) is 12.1 Å².